The van der Waals surface area contributed by atoms with Gasteiger partial charge in [-0.05, 0) is 41.5 Å². The zero-order valence-corrected chi connectivity index (χ0v) is 17.8. The fourth-order valence-electron chi connectivity index (χ4n) is 3.33. The fourth-order valence-corrected chi connectivity index (χ4v) is 3.81. The molecule has 2 N–H and O–H groups in total. The Labute approximate surface area is 181 Å². The van der Waals surface area contributed by atoms with Gasteiger partial charge in [0.2, 0.25) is 5.91 Å². The summed E-state index contributed by atoms with van der Waals surface area (Å²) in [7, 11) is 0. The van der Waals surface area contributed by atoms with E-state index in [0.29, 0.717) is 11.3 Å². The number of aryl methyl sites for hydroxylation is 1. The summed E-state index contributed by atoms with van der Waals surface area (Å²) in [4.78, 5) is 25.1. The Bertz CT molecular complexity index is 1310. The number of H-pyrrole nitrogens is 1. The maximum Gasteiger partial charge on any atom is 0.280 e. The fraction of sp³-hybridized carbons (Fsp3) is 0.0870. The molecule has 0 fully saturated rings. The van der Waals surface area contributed by atoms with Gasteiger partial charge in [0.15, 0.2) is 0 Å². The summed E-state index contributed by atoms with van der Waals surface area (Å²) in [5.74, 6) is -0.254. The smallest absolute Gasteiger partial charge is 0.280 e. The molecule has 4 rings (SSSR count). The van der Waals surface area contributed by atoms with Crippen molar-refractivity contribution in [3.05, 3.63) is 98.4 Å². The third-order valence-corrected chi connectivity index (χ3v) is 5.52. The summed E-state index contributed by atoms with van der Waals surface area (Å²) in [5, 5.41) is 9.09. The number of amides is 1. The molecule has 3 aromatic carbocycles. The van der Waals surface area contributed by atoms with Gasteiger partial charge in [-0.2, -0.15) is 5.10 Å². The maximum absolute atomic E-state index is 12.7. The summed E-state index contributed by atoms with van der Waals surface area (Å²) >= 11 is 3.54. The van der Waals surface area contributed by atoms with E-state index in [2.05, 4.69) is 31.6 Å². The molecule has 0 atom stereocenters. The van der Waals surface area contributed by atoms with Crippen molar-refractivity contribution in [1.29, 1.82) is 0 Å². The molecular weight excluding hydrogens is 444 g/mol. The number of aromatic nitrogens is 2. The maximum atomic E-state index is 12.7. The molecule has 0 spiro atoms. The first-order chi connectivity index (χ1) is 14.5. The molecule has 1 aromatic heterocycles. The number of carbonyl (C=O) groups is 1. The molecule has 1 heterocycles. The first-order valence-electron chi connectivity index (χ1n) is 9.39. The van der Waals surface area contributed by atoms with Gasteiger partial charge in [0.1, 0.15) is 0 Å². The third kappa shape index (κ3) is 3.97. The number of halogens is 1. The highest BCUT2D eigenvalue weighted by Gasteiger charge is 2.11. The lowest BCUT2D eigenvalue weighted by Gasteiger charge is -2.07. The summed E-state index contributed by atoms with van der Waals surface area (Å²) < 4.78 is 2.44. The van der Waals surface area contributed by atoms with Crippen molar-refractivity contribution in [2.75, 3.05) is 0 Å². The zero-order chi connectivity index (χ0) is 21.1. The number of fused-ring (bicyclic) bond motifs is 1. The zero-order valence-electron chi connectivity index (χ0n) is 16.2. The normalized spacial score (nSPS) is 11.3. The van der Waals surface area contributed by atoms with Gasteiger partial charge in [-0.25, -0.2) is 10.1 Å². The van der Waals surface area contributed by atoms with E-state index in [1.165, 1.54) is 10.9 Å². The van der Waals surface area contributed by atoms with E-state index in [4.69, 9.17) is 0 Å². The van der Waals surface area contributed by atoms with Crippen LogP contribution in [0.15, 0.2) is 81.1 Å². The van der Waals surface area contributed by atoms with Gasteiger partial charge in [-0.1, -0.05) is 64.5 Å². The second kappa shape index (κ2) is 8.51. The topological polar surface area (TPSA) is 79.2 Å². The van der Waals surface area contributed by atoms with Crippen LogP contribution in [-0.4, -0.2) is 21.9 Å². The number of nitrogens with zero attached hydrogens (tertiary/aromatic N) is 2. The van der Waals surface area contributed by atoms with Crippen molar-refractivity contribution in [2.24, 2.45) is 5.10 Å². The van der Waals surface area contributed by atoms with Gasteiger partial charge < -0.3 is 0 Å². The Balaban J connectivity index is 1.50. The number of nitrogens with one attached hydrogen (secondary N) is 2. The molecule has 1 amide bonds. The molecule has 7 heteroatoms. The van der Waals surface area contributed by atoms with E-state index in [1.807, 2.05) is 66.7 Å². The molecule has 0 aliphatic rings. The van der Waals surface area contributed by atoms with Crippen LogP contribution >= 0.6 is 15.9 Å². The highest BCUT2D eigenvalue weighted by Crippen LogP contribution is 2.27. The lowest BCUT2D eigenvalue weighted by Crippen LogP contribution is -2.21. The van der Waals surface area contributed by atoms with Crippen LogP contribution in [0.25, 0.3) is 16.5 Å². The number of aromatic amines is 1. The molecule has 0 saturated carbocycles. The van der Waals surface area contributed by atoms with E-state index in [0.717, 1.165) is 26.5 Å². The molecule has 4 aromatic rings. The molecule has 30 heavy (non-hydrogen) atoms. The Morgan fingerprint density at radius 2 is 1.77 bits per heavy atom. The SMILES string of the molecule is Cc1[nH]n(-c2ccccc2)c(=O)c1/C=N\NC(=O)Cc1ccc(Br)c2ccccc12. The second-order valence-corrected chi connectivity index (χ2v) is 7.70. The van der Waals surface area contributed by atoms with E-state index < -0.39 is 0 Å². The number of hydrogen-bond donors (Lipinski definition) is 2. The molecule has 0 bridgehead atoms. The van der Waals surface area contributed by atoms with E-state index in [9.17, 15) is 9.59 Å². The van der Waals surface area contributed by atoms with Crippen LogP contribution in [0.4, 0.5) is 0 Å². The highest BCUT2D eigenvalue weighted by atomic mass is 79.9. The van der Waals surface area contributed by atoms with Crippen molar-refractivity contribution >= 4 is 38.8 Å². The van der Waals surface area contributed by atoms with Crippen LogP contribution in [0.1, 0.15) is 16.8 Å². The standard InChI is InChI=1S/C23H19BrN4O2/c1-15-20(23(30)28(27-15)17-7-3-2-4-8-17)14-25-26-22(29)13-16-11-12-21(24)19-10-6-5-9-18(16)19/h2-12,14,27H,13H2,1H3,(H,26,29)/b25-14-. The minimum atomic E-state index is -0.254. The van der Waals surface area contributed by atoms with Gasteiger partial charge in [-0.3, -0.25) is 14.7 Å². The number of para-hydroxylation sites is 1. The summed E-state index contributed by atoms with van der Waals surface area (Å²) in [6.45, 7) is 1.79. The van der Waals surface area contributed by atoms with Crippen LogP contribution in [0.5, 0.6) is 0 Å². The Kier molecular flexibility index (Phi) is 5.63. The summed E-state index contributed by atoms with van der Waals surface area (Å²) in [6.07, 6.45) is 1.57. The number of carbonyl (C=O) groups excluding carboxylic acids is 1. The van der Waals surface area contributed by atoms with Crippen LogP contribution < -0.4 is 11.0 Å². The Morgan fingerprint density at radius 1 is 1.07 bits per heavy atom. The predicted molar refractivity (Wildman–Crippen MR) is 122 cm³/mol. The highest BCUT2D eigenvalue weighted by molar-refractivity contribution is 9.10. The average Bonchev–Trinajstić information content (AvgIpc) is 3.05. The number of hydrogen-bond acceptors (Lipinski definition) is 3. The molecule has 6 nitrogen and oxygen atoms in total. The van der Waals surface area contributed by atoms with E-state index in [-0.39, 0.29) is 17.9 Å². The van der Waals surface area contributed by atoms with E-state index >= 15 is 0 Å². The number of rotatable bonds is 5. The molecule has 0 unspecified atom stereocenters. The first kappa shape index (κ1) is 19.8. The van der Waals surface area contributed by atoms with Crippen LogP contribution in [0.3, 0.4) is 0 Å². The summed E-state index contributed by atoms with van der Waals surface area (Å²) in [5.41, 5.74) is 5.00. The van der Waals surface area contributed by atoms with E-state index in [1.54, 1.807) is 6.92 Å². The van der Waals surface area contributed by atoms with Crippen LogP contribution in [0, 0.1) is 6.92 Å². The van der Waals surface area contributed by atoms with Crippen molar-refractivity contribution < 1.29 is 4.79 Å². The van der Waals surface area contributed by atoms with Gasteiger partial charge in [0.25, 0.3) is 5.56 Å². The van der Waals surface area contributed by atoms with Gasteiger partial charge in [0, 0.05) is 10.2 Å². The molecule has 0 aliphatic heterocycles. The average molecular weight is 463 g/mol. The number of hydrazone groups is 1. The minimum Gasteiger partial charge on any atom is -0.295 e. The van der Waals surface area contributed by atoms with Crippen molar-refractivity contribution in [1.82, 2.24) is 15.2 Å². The van der Waals surface area contributed by atoms with Crippen molar-refractivity contribution in [3.63, 3.8) is 0 Å². The minimum absolute atomic E-state index is 0.186. The van der Waals surface area contributed by atoms with Crippen LogP contribution in [0.2, 0.25) is 0 Å². The van der Waals surface area contributed by atoms with Crippen molar-refractivity contribution in [2.45, 2.75) is 13.3 Å². The van der Waals surface area contributed by atoms with Gasteiger partial charge in [0.05, 0.1) is 23.9 Å². The third-order valence-electron chi connectivity index (χ3n) is 4.83. The first-order valence-corrected chi connectivity index (χ1v) is 10.2. The quantitative estimate of drug-likeness (QED) is 0.346. The largest absolute Gasteiger partial charge is 0.295 e. The molecule has 0 radical (unpaired) electrons. The Morgan fingerprint density at radius 3 is 2.53 bits per heavy atom. The van der Waals surface area contributed by atoms with Gasteiger partial charge >= 0.3 is 0 Å². The lowest BCUT2D eigenvalue weighted by atomic mass is 10.0. The second-order valence-electron chi connectivity index (χ2n) is 6.85. The van der Waals surface area contributed by atoms with Crippen molar-refractivity contribution in [3.8, 4) is 5.69 Å². The Hall–Kier alpha value is -3.45. The molecule has 150 valence electrons. The molecule has 0 aliphatic carbocycles. The van der Waals surface area contributed by atoms with Gasteiger partial charge in [-0.15, -0.1) is 0 Å². The molecular formula is C23H19BrN4O2. The number of benzene rings is 3. The van der Waals surface area contributed by atoms with Crippen LogP contribution in [-0.2, 0) is 11.2 Å². The monoisotopic (exact) mass is 462 g/mol. The lowest BCUT2D eigenvalue weighted by molar-refractivity contribution is -0.120. The molecule has 0 saturated heterocycles. The predicted octanol–water partition coefficient (Wildman–Crippen LogP) is 4.08. The summed E-state index contributed by atoms with van der Waals surface area (Å²) in [6, 6.07) is 21.0.